The number of carbonyl (C=O) groups is 1. The van der Waals surface area contributed by atoms with Gasteiger partial charge in [-0.05, 0) is 75.1 Å². The highest BCUT2D eigenvalue weighted by Gasteiger charge is 2.16. The van der Waals surface area contributed by atoms with Crippen molar-refractivity contribution in [3.8, 4) is 0 Å². The molecule has 0 aromatic heterocycles. The van der Waals surface area contributed by atoms with Gasteiger partial charge in [-0.1, -0.05) is 30.7 Å². The lowest BCUT2D eigenvalue weighted by atomic mass is 9.97. The summed E-state index contributed by atoms with van der Waals surface area (Å²) in [5.41, 5.74) is 3.59. The number of benzene rings is 1. The standard InChI is InChI=1S/C22H32N2O/c1-18-6-5-15-24(16-18)17-20-9-11-21(12-10-20)22(25)23-14-13-19-7-3-2-4-8-19/h7,9-12,18H,2-6,8,13-17H2,1H3,(H,23,25)/t18-/m0/s1. The molecule has 1 aromatic carbocycles. The highest BCUT2D eigenvalue weighted by Crippen LogP contribution is 2.20. The molecule has 3 rings (SSSR count). The van der Waals surface area contributed by atoms with E-state index in [1.807, 2.05) is 12.1 Å². The number of allylic oxidation sites excluding steroid dienone is 1. The van der Waals surface area contributed by atoms with Crippen LogP contribution in [0.4, 0.5) is 0 Å². The van der Waals surface area contributed by atoms with Crippen molar-refractivity contribution in [1.29, 1.82) is 0 Å². The fourth-order valence-corrected chi connectivity index (χ4v) is 4.02. The molecule has 1 aliphatic heterocycles. The minimum absolute atomic E-state index is 0.0505. The summed E-state index contributed by atoms with van der Waals surface area (Å²) in [5.74, 6) is 0.854. The van der Waals surface area contributed by atoms with E-state index in [0.29, 0.717) is 0 Å². The van der Waals surface area contributed by atoms with Gasteiger partial charge in [-0.25, -0.2) is 0 Å². The molecule has 1 atom stereocenters. The van der Waals surface area contributed by atoms with Crippen LogP contribution < -0.4 is 5.32 Å². The molecular formula is C22H32N2O. The van der Waals surface area contributed by atoms with Gasteiger partial charge in [0, 0.05) is 25.2 Å². The van der Waals surface area contributed by atoms with Crippen molar-refractivity contribution in [2.45, 2.75) is 58.4 Å². The van der Waals surface area contributed by atoms with Crippen molar-refractivity contribution < 1.29 is 4.79 Å². The molecule has 3 nitrogen and oxygen atoms in total. The largest absolute Gasteiger partial charge is 0.352 e. The molecule has 136 valence electrons. The fourth-order valence-electron chi connectivity index (χ4n) is 4.02. The van der Waals surface area contributed by atoms with Crippen molar-refractivity contribution in [2.24, 2.45) is 5.92 Å². The van der Waals surface area contributed by atoms with E-state index in [1.54, 1.807) is 0 Å². The summed E-state index contributed by atoms with van der Waals surface area (Å²) >= 11 is 0. The maximum Gasteiger partial charge on any atom is 0.251 e. The van der Waals surface area contributed by atoms with Crippen LogP contribution in [0.15, 0.2) is 35.9 Å². The Hall–Kier alpha value is -1.61. The van der Waals surface area contributed by atoms with Gasteiger partial charge >= 0.3 is 0 Å². The van der Waals surface area contributed by atoms with Crippen LogP contribution in [0, 0.1) is 5.92 Å². The molecule has 25 heavy (non-hydrogen) atoms. The number of hydrogen-bond donors (Lipinski definition) is 1. The second-order valence-corrected chi connectivity index (χ2v) is 7.79. The molecule has 0 radical (unpaired) electrons. The number of likely N-dealkylation sites (tertiary alicyclic amines) is 1. The molecule has 1 N–H and O–H groups in total. The predicted molar refractivity (Wildman–Crippen MR) is 104 cm³/mol. The summed E-state index contributed by atoms with van der Waals surface area (Å²) in [4.78, 5) is 14.8. The lowest BCUT2D eigenvalue weighted by Gasteiger charge is -2.30. The average Bonchev–Trinajstić information content (AvgIpc) is 2.63. The van der Waals surface area contributed by atoms with Gasteiger partial charge in [0.15, 0.2) is 0 Å². The zero-order valence-electron chi connectivity index (χ0n) is 15.6. The number of rotatable bonds is 6. The fraction of sp³-hybridized carbons (Fsp3) is 0.591. The van der Waals surface area contributed by atoms with Crippen LogP contribution in [-0.4, -0.2) is 30.4 Å². The Labute approximate surface area is 152 Å². The van der Waals surface area contributed by atoms with Crippen LogP contribution in [0.1, 0.15) is 67.8 Å². The molecule has 1 heterocycles. The van der Waals surface area contributed by atoms with E-state index < -0.39 is 0 Å². The first-order chi connectivity index (χ1) is 12.2. The van der Waals surface area contributed by atoms with Crippen LogP contribution >= 0.6 is 0 Å². The van der Waals surface area contributed by atoms with Gasteiger partial charge in [-0.2, -0.15) is 0 Å². The summed E-state index contributed by atoms with van der Waals surface area (Å²) in [6.45, 7) is 6.47. The van der Waals surface area contributed by atoms with Gasteiger partial charge in [0.25, 0.3) is 5.91 Å². The second kappa shape index (κ2) is 9.19. The molecular weight excluding hydrogens is 308 g/mol. The zero-order chi connectivity index (χ0) is 17.5. The average molecular weight is 341 g/mol. The summed E-state index contributed by atoms with van der Waals surface area (Å²) in [7, 11) is 0. The van der Waals surface area contributed by atoms with Crippen molar-refractivity contribution in [3.05, 3.63) is 47.0 Å². The van der Waals surface area contributed by atoms with Crippen LogP contribution in [0.5, 0.6) is 0 Å². The Morgan fingerprint density at radius 1 is 1.20 bits per heavy atom. The third kappa shape index (κ3) is 5.71. The van der Waals surface area contributed by atoms with Crippen LogP contribution in [0.3, 0.4) is 0 Å². The second-order valence-electron chi connectivity index (χ2n) is 7.79. The third-order valence-electron chi connectivity index (χ3n) is 5.48. The van der Waals surface area contributed by atoms with Gasteiger partial charge in [-0.15, -0.1) is 0 Å². The van der Waals surface area contributed by atoms with Crippen molar-refractivity contribution in [3.63, 3.8) is 0 Å². The first kappa shape index (κ1) is 18.2. The maximum atomic E-state index is 12.3. The number of amides is 1. The first-order valence-electron chi connectivity index (χ1n) is 9.98. The Balaban J connectivity index is 1.44. The zero-order valence-corrected chi connectivity index (χ0v) is 15.6. The Kier molecular flexibility index (Phi) is 6.69. The normalized spacial score (nSPS) is 21.6. The number of piperidine rings is 1. The third-order valence-corrected chi connectivity index (χ3v) is 5.48. The molecule has 1 saturated heterocycles. The smallest absolute Gasteiger partial charge is 0.251 e. The molecule has 2 aliphatic rings. The van der Waals surface area contributed by atoms with Gasteiger partial charge in [0.05, 0.1) is 0 Å². The van der Waals surface area contributed by atoms with E-state index in [4.69, 9.17) is 0 Å². The first-order valence-corrected chi connectivity index (χ1v) is 9.98. The number of carbonyl (C=O) groups excluding carboxylic acids is 1. The Morgan fingerprint density at radius 2 is 2.04 bits per heavy atom. The van der Waals surface area contributed by atoms with E-state index in [9.17, 15) is 4.79 Å². The molecule has 1 aromatic rings. The summed E-state index contributed by atoms with van der Waals surface area (Å²) in [6, 6.07) is 8.16. The van der Waals surface area contributed by atoms with Gasteiger partial charge < -0.3 is 5.32 Å². The molecule has 0 spiro atoms. The van der Waals surface area contributed by atoms with Gasteiger partial charge in [-0.3, -0.25) is 9.69 Å². The van der Waals surface area contributed by atoms with Crippen LogP contribution in [0.25, 0.3) is 0 Å². The quantitative estimate of drug-likeness (QED) is 0.771. The maximum absolute atomic E-state index is 12.3. The van der Waals surface area contributed by atoms with E-state index in [0.717, 1.165) is 31.0 Å². The summed E-state index contributed by atoms with van der Waals surface area (Å²) in [5, 5.41) is 3.06. The minimum Gasteiger partial charge on any atom is -0.352 e. The molecule has 1 fully saturated rings. The van der Waals surface area contributed by atoms with Gasteiger partial charge in [0.2, 0.25) is 0 Å². The lowest BCUT2D eigenvalue weighted by molar-refractivity contribution is 0.0954. The van der Waals surface area contributed by atoms with Crippen molar-refractivity contribution in [2.75, 3.05) is 19.6 Å². The number of nitrogens with zero attached hydrogens (tertiary/aromatic N) is 1. The van der Waals surface area contributed by atoms with Crippen molar-refractivity contribution in [1.82, 2.24) is 10.2 Å². The lowest BCUT2D eigenvalue weighted by Crippen LogP contribution is -2.33. The van der Waals surface area contributed by atoms with Crippen molar-refractivity contribution >= 4 is 5.91 Å². The predicted octanol–water partition coefficient (Wildman–Crippen LogP) is 4.54. The topological polar surface area (TPSA) is 32.3 Å². The minimum atomic E-state index is 0.0505. The molecule has 3 heteroatoms. The van der Waals surface area contributed by atoms with E-state index in [1.165, 1.54) is 62.8 Å². The summed E-state index contributed by atoms with van der Waals surface area (Å²) in [6.07, 6.45) is 11.0. The Morgan fingerprint density at radius 3 is 2.76 bits per heavy atom. The highest BCUT2D eigenvalue weighted by atomic mass is 16.1. The van der Waals surface area contributed by atoms with Gasteiger partial charge in [0.1, 0.15) is 0 Å². The molecule has 0 bridgehead atoms. The Bertz CT molecular complexity index is 591. The number of nitrogens with one attached hydrogen (secondary N) is 1. The molecule has 1 aliphatic carbocycles. The highest BCUT2D eigenvalue weighted by molar-refractivity contribution is 5.94. The number of hydrogen-bond acceptors (Lipinski definition) is 2. The molecule has 0 saturated carbocycles. The monoisotopic (exact) mass is 340 g/mol. The van der Waals surface area contributed by atoms with Crippen LogP contribution in [0.2, 0.25) is 0 Å². The van der Waals surface area contributed by atoms with E-state index in [2.05, 4.69) is 35.3 Å². The summed E-state index contributed by atoms with van der Waals surface area (Å²) < 4.78 is 0. The molecule has 0 unspecified atom stereocenters. The van der Waals surface area contributed by atoms with E-state index >= 15 is 0 Å². The molecule has 1 amide bonds. The van der Waals surface area contributed by atoms with E-state index in [-0.39, 0.29) is 5.91 Å². The SMILES string of the molecule is C[C@H]1CCCN(Cc2ccc(C(=O)NCCC3=CCCCC3)cc2)C1. The van der Waals surface area contributed by atoms with Crippen LogP contribution in [-0.2, 0) is 6.54 Å².